The fraction of sp³-hybridized carbons (Fsp3) is 0.200. The summed E-state index contributed by atoms with van der Waals surface area (Å²) in [6.07, 6.45) is 5.56. The number of benzene rings is 4. The molecule has 0 bridgehead atoms. The van der Waals surface area contributed by atoms with Gasteiger partial charge in [-0.05, 0) is 112 Å². The Morgan fingerprint density at radius 1 is 0.593 bits per heavy atom. The van der Waals surface area contributed by atoms with Crippen LogP contribution in [0, 0.1) is 0 Å². The highest BCUT2D eigenvalue weighted by atomic mass is 32.1. The molecule has 0 amide bonds. The summed E-state index contributed by atoms with van der Waals surface area (Å²) < 4.78 is 0. The molecular weight excluding hydrogens is 693 g/mol. The zero-order chi connectivity index (χ0) is 37.4. The predicted octanol–water partition coefficient (Wildman–Crippen LogP) is 15.0. The zero-order valence-electron chi connectivity index (χ0n) is 31.9. The summed E-state index contributed by atoms with van der Waals surface area (Å²) in [5, 5.41) is 2.32. The summed E-state index contributed by atoms with van der Waals surface area (Å²) in [4.78, 5) is 15.7. The molecule has 0 aliphatic rings. The van der Waals surface area contributed by atoms with Crippen LogP contribution in [0.25, 0.3) is 66.8 Å². The molecule has 0 aliphatic heterocycles. The van der Waals surface area contributed by atoms with Gasteiger partial charge in [-0.3, -0.25) is 4.98 Å². The van der Waals surface area contributed by atoms with Crippen molar-refractivity contribution >= 4 is 56.6 Å². The van der Waals surface area contributed by atoms with Crippen molar-refractivity contribution in [2.24, 2.45) is 0 Å². The highest BCUT2D eigenvalue weighted by Gasteiger charge is 2.23. The third kappa shape index (κ3) is 7.21. The van der Waals surface area contributed by atoms with E-state index in [1.165, 1.54) is 47.1 Å². The van der Waals surface area contributed by atoms with Crippen molar-refractivity contribution in [1.82, 2.24) is 9.97 Å². The summed E-state index contributed by atoms with van der Waals surface area (Å²) in [5.41, 5.74) is 11.5. The Balaban J connectivity index is 1.14. The van der Waals surface area contributed by atoms with Crippen LogP contribution in [0.15, 0.2) is 133 Å². The van der Waals surface area contributed by atoms with Gasteiger partial charge >= 0.3 is 0 Å². The number of hydrogen-bond acceptors (Lipinski definition) is 4. The molecule has 4 aromatic heterocycles. The fourth-order valence-electron chi connectivity index (χ4n) is 7.03. The maximum Gasteiger partial charge on any atom is 0.0815 e. The van der Waals surface area contributed by atoms with Crippen LogP contribution in [0.4, 0.5) is 0 Å². The van der Waals surface area contributed by atoms with Gasteiger partial charge in [-0.1, -0.05) is 126 Å². The van der Waals surface area contributed by atoms with Crippen LogP contribution >= 0.6 is 22.7 Å². The molecule has 8 aromatic rings. The minimum absolute atomic E-state index is 0.209. The standard InChI is InChI=1S/C50H46N2S2/c1-7-50(5,6)49-27-26-47(54-49)33(4)46-24-25-48(53-46)45-31-39(37-16-12-9-13-17-37)41-29-35(21-23-43(41)52-45)19-18-34-20-22-42-40(28-34)38(30-44(51-42)32(2)3)36-14-10-8-11-15-36/h8-33H,7H2,1-6H3/b19-18+. The molecule has 0 N–H and O–H groups in total. The highest BCUT2D eigenvalue weighted by Crippen LogP contribution is 2.42. The maximum atomic E-state index is 5.26. The molecule has 0 aliphatic carbocycles. The Labute approximate surface area is 327 Å². The van der Waals surface area contributed by atoms with Crippen molar-refractivity contribution in [3.63, 3.8) is 0 Å². The van der Waals surface area contributed by atoms with E-state index in [0.29, 0.717) is 11.8 Å². The monoisotopic (exact) mass is 738 g/mol. The summed E-state index contributed by atoms with van der Waals surface area (Å²) in [6.45, 7) is 13.7. The van der Waals surface area contributed by atoms with Crippen LogP contribution in [0.2, 0.25) is 0 Å². The number of thiophene rings is 2. The van der Waals surface area contributed by atoms with Crippen molar-refractivity contribution in [2.75, 3.05) is 0 Å². The maximum absolute atomic E-state index is 5.26. The van der Waals surface area contributed by atoms with E-state index in [2.05, 4.69) is 187 Å². The van der Waals surface area contributed by atoms with E-state index < -0.39 is 0 Å². The zero-order valence-corrected chi connectivity index (χ0v) is 33.6. The lowest BCUT2D eigenvalue weighted by Crippen LogP contribution is -2.12. The predicted molar refractivity (Wildman–Crippen MR) is 236 cm³/mol. The molecule has 0 saturated carbocycles. The van der Waals surface area contributed by atoms with E-state index in [1.54, 1.807) is 0 Å². The molecule has 54 heavy (non-hydrogen) atoms. The summed E-state index contributed by atoms with van der Waals surface area (Å²) in [5.74, 6) is 0.699. The van der Waals surface area contributed by atoms with Crippen LogP contribution in [0.5, 0.6) is 0 Å². The van der Waals surface area contributed by atoms with Crippen LogP contribution in [0.3, 0.4) is 0 Å². The van der Waals surface area contributed by atoms with Crippen LogP contribution in [-0.2, 0) is 5.41 Å². The Bertz CT molecular complexity index is 2610. The Morgan fingerprint density at radius 3 is 1.74 bits per heavy atom. The van der Waals surface area contributed by atoms with Gasteiger partial charge in [0.25, 0.3) is 0 Å². The van der Waals surface area contributed by atoms with Gasteiger partial charge in [0.05, 0.1) is 21.6 Å². The average Bonchev–Trinajstić information content (AvgIpc) is 3.92. The topological polar surface area (TPSA) is 25.8 Å². The lowest BCUT2D eigenvalue weighted by Gasteiger charge is -2.20. The summed E-state index contributed by atoms with van der Waals surface area (Å²) >= 11 is 3.83. The first kappa shape index (κ1) is 35.8. The van der Waals surface area contributed by atoms with Crippen molar-refractivity contribution in [3.8, 4) is 32.8 Å². The third-order valence-electron chi connectivity index (χ3n) is 10.8. The van der Waals surface area contributed by atoms with Crippen LogP contribution in [0.1, 0.15) is 91.3 Å². The number of aromatic nitrogens is 2. The second-order valence-electron chi connectivity index (χ2n) is 15.3. The number of hydrogen-bond donors (Lipinski definition) is 0. The Morgan fingerprint density at radius 2 is 1.15 bits per heavy atom. The van der Waals surface area contributed by atoms with Crippen molar-refractivity contribution < 1.29 is 0 Å². The fourth-order valence-corrected chi connectivity index (χ4v) is 9.39. The molecule has 2 nitrogen and oxygen atoms in total. The molecule has 1 unspecified atom stereocenters. The minimum atomic E-state index is 0.209. The first-order valence-electron chi connectivity index (χ1n) is 19.1. The smallest absolute Gasteiger partial charge is 0.0815 e. The van der Waals surface area contributed by atoms with Crippen molar-refractivity contribution in [2.45, 2.75) is 65.2 Å². The van der Waals surface area contributed by atoms with Crippen LogP contribution < -0.4 is 0 Å². The van der Waals surface area contributed by atoms with E-state index in [-0.39, 0.29) is 5.41 Å². The second kappa shape index (κ2) is 14.9. The molecule has 0 saturated heterocycles. The minimum Gasteiger partial charge on any atom is -0.253 e. The summed E-state index contributed by atoms with van der Waals surface area (Å²) in [7, 11) is 0. The van der Waals surface area contributed by atoms with Gasteiger partial charge in [0, 0.05) is 37.0 Å². The van der Waals surface area contributed by atoms with Crippen LogP contribution in [-0.4, -0.2) is 9.97 Å². The van der Waals surface area contributed by atoms with Gasteiger partial charge in [-0.2, -0.15) is 0 Å². The van der Waals surface area contributed by atoms with Gasteiger partial charge in [0.2, 0.25) is 0 Å². The molecule has 4 aromatic carbocycles. The quantitative estimate of drug-likeness (QED) is 0.131. The normalized spacial score (nSPS) is 12.7. The number of rotatable bonds is 10. The van der Waals surface area contributed by atoms with Gasteiger partial charge in [0.1, 0.15) is 0 Å². The van der Waals surface area contributed by atoms with E-state index in [0.717, 1.165) is 45.4 Å². The molecule has 0 spiro atoms. The molecule has 4 heteroatoms. The van der Waals surface area contributed by atoms with Gasteiger partial charge < -0.3 is 0 Å². The average molecular weight is 739 g/mol. The molecule has 0 radical (unpaired) electrons. The largest absolute Gasteiger partial charge is 0.253 e. The molecule has 1 atom stereocenters. The second-order valence-corrected chi connectivity index (χ2v) is 17.5. The Kier molecular flexibility index (Phi) is 9.91. The molecule has 268 valence electrons. The lowest BCUT2D eigenvalue weighted by molar-refractivity contribution is 0.517. The van der Waals surface area contributed by atoms with E-state index >= 15 is 0 Å². The SMILES string of the molecule is CCC(C)(C)c1ccc(C(C)c2ccc(-c3cc(-c4ccccc4)c4cc(/C=C/c5ccc6nc(C(C)C)cc(-c7ccccc7)c6c5)ccc4n3)s2)s1. The first-order chi connectivity index (χ1) is 26.2. The first-order valence-corrected chi connectivity index (χ1v) is 20.7. The van der Waals surface area contributed by atoms with Crippen molar-refractivity contribution in [1.29, 1.82) is 0 Å². The lowest BCUT2D eigenvalue weighted by atomic mass is 9.89. The van der Waals surface area contributed by atoms with Gasteiger partial charge in [-0.25, -0.2) is 4.98 Å². The highest BCUT2D eigenvalue weighted by molar-refractivity contribution is 7.16. The number of fused-ring (bicyclic) bond motifs is 2. The third-order valence-corrected chi connectivity index (χ3v) is 13.7. The molecule has 0 fully saturated rings. The van der Waals surface area contributed by atoms with Gasteiger partial charge in [-0.15, -0.1) is 22.7 Å². The van der Waals surface area contributed by atoms with Crippen molar-refractivity contribution in [3.05, 3.63) is 165 Å². The number of nitrogens with zero attached hydrogens (tertiary/aromatic N) is 2. The van der Waals surface area contributed by atoms with E-state index in [4.69, 9.17) is 9.97 Å². The Hall–Kier alpha value is -5.16. The molecule has 8 rings (SSSR count). The molecular formula is C50H46N2S2. The van der Waals surface area contributed by atoms with E-state index in [1.807, 2.05) is 22.7 Å². The van der Waals surface area contributed by atoms with E-state index in [9.17, 15) is 0 Å². The summed E-state index contributed by atoms with van der Waals surface area (Å²) in [6, 6.07) is 48.4. The molecule has 4 heterocycles. The van der Waals surface area contributed by atoms with Gasteiger partial charge in [0.15, 0.2) is 0 Å². The number of pyridine rings is 2.